The van der Waals surface area contributed by atoms with E-state index in [1.807, 2.05) is 0 Å². The fraction of sp³-hybridized carbons (Fsp3) is 0.818. The zero-order valence-corrected chi connectivity index (χ0v) is 9.32. The lowest BCUT2D eigenvalue weighted by molar-refractivity contribution is -0.137. The molecule has 5 heteroatoms. The van der Waals surface area contributed by atoms with Crippen molar-refractivity contribution in [1.82, 2.24) is 4.90 Å². The third kappa shape index (κ3) is 1.53. The molecule has 1 aliphatic heterocycles. The number of fused-ring (bicyclic) bond motifs is 1. The number of hydrogen-bond acceptors (Lipinski definition) is 2. The van der Waals surface area contributed by atoms with E-state index in [9.17, 15) is 18.4 Å². The summed E-state index contributed by atoms with van der Waals surface area (Å²) in [6.45, 7) is 3.23. The molecule has 3 nitrogen and oxygen atoms in total. The van der Waals surface area contributed by atoms with Gasteiger partial charge in [-0.1, -0.05) is 0 Å². The summed E-state index contributed by atoms with van der Waals surface area (Å²) >= 11 is 0. The van der Waals surface area contributed by atoms with E-state index in [1.165, 1.54) is 18.7 Å². The van der Waals surface area contributed by atoms with Gasteiger partial charge in [0.25, 0.3) is 0 Å². The molecule has 0 radical (unpaired) electrons. The van der Waals surface area contributed by atoms with Crippen molar-refractivity contribution < 1.29 is 18.4 Å². The Labute approximate surface area is 92.8 Å². The quantitative estimate of drug-likeness (QED) is 0.718. The Balaban J connectivity index is 2.20. The molecule has 1 aliphatic carbocycles. The number of carbonyl (C=O) groups excluding carboxylic acids is 2. The van der Waals surface area contributed by atoms with Gasteiger partial charge in [0, 0.05) is 19.4 Å². The highest BCUT2D eigenvalue weighted by molar-refractivity contribution is 5.88. The molecule has 2 rings (SSSR count). The molecule has 1 heterocycles. The molecule has 0 bridgehead atoms. The van der Waals surface area contributed by atoms with Crippen LogP contribution in [0.1, 0.15) is 20.3 Å². The molecular formula is C11H15F2NO2. The van der Waals surface area contributed by atoms with Gasteiger partial charge in [0.2, 0.25) is 12.3 Å². The van der Waals surface area contributed by atoms with Crippen LogP contribution in [0.25, 0.3) is 0 Å². The lowest BCUT2D eigenvalue weighted by Crippen LogP contribution is -2.48. The van der Waals surface area contributed by atoms with Gasteiger partial charge < -0.3 is 4.90 Å². The lowest BCUT2D eigenvalue weighted by Gasteiger charge is -2.41. The topological polar surface area (TPSA) is 37.4 Å². The van der Waals surface area contributed by atoms with Crippen LogP contribution in [-0.4, -0.2) is 35.6 Å². The third-order valence-corrected chi connectivity index (χ3v) is 3.89. The van der Waals surface area contributed by atoms with E-state index >= 15 is 0 Å². The van der Waals surface area contributed by atoms with Crippen molar-refractivity contribution >= 4 is 11.7 Å². The van der Waals surface area contributed by atoms with Crippen LogP contribution in [0.15, 0.2) is 0 Å². The van der Waals surface area contributed by atoms with E-state index in [-0.39, 0.29) is 23.5 Å². The number of halogens is 2. The molecule has 1 amide bonds. The Kier molecular flexibility index (Phi) is 2.72. The average Bonchev–Trinajstić information content (AvgIpc) is 2.39. The number of rotatable bonds is 2. The van der Waals surface area contributed by atoms with Gasteiger partial charge in [-0.3, -0.25) is 9.59 Å². The number of hydrogen-bond donors (Lipinski definition) is 0. The summed E-state index contributed by atoms with van der Waals surface area (Å²) in [6, 6.07) is -0.616. The maximum atomic E-state index is 12.7. The molecule has 1 saturated heterocycles. The minimum Gasteiger partial charge on any atom is -0.332 e. The van der Waals surface area contributed by atoms with Crippen LogP contribution in [0, 0.1) is 17.8 Å². The molecule has 16 heavy (non-hydrogen) atoms. The monoisotopic (exact) mass is 231 g/mol. The Bertz CT molecular complexity index is 332. The molecule has 0 aromatic rings. The number of ketones is 1. The number of amides is 1. The molecule has 0 aromatic heterocycles. The number of likely N-dealkylation sites (tertiary alicyclic amines) is 1. The predicted molar refractivity (Wildman–Crippen MR) is 52.9 cm³/mol. The zero-order chi connectivity index (χ0) is 12.0. The maximum absolute atomic E-state index is 12.7. The number of carbonyl (C=O) groups is 2. The average molecular weight is 231 g/mol. The summed E-state index contributed by atoms with van der Waals surface area (Å²) < 4.78 is 25.3. The van der Waals surface area contributed by atoms with Gasteiger partial charge in [0.1, 0.15) is 0 Å². The summed E-state index contributed by atoms with van der Waals surface area (Å²) in [7, 11) is 0. The van der Waals surface area contributed by atoms with Crippen molar-refractivity contribution in [3.63, 3.8) is 0 Å². The zero-order valence-electron chi connectivity index (χ0n) is 9.32. The van der Waals surface area contributed by atoms with Gasteiger partial charge in [-0.05, 0) is 25.2 Å². The fourth-order valence-corrected chi connectivity index (χ4v) is 3.17. The van der Waals surface area contributed by atoms with E-state index in [2.05, 4.69) is 0 Å². The van der Waals surface area contributed by atoms with E-state index < -0.39 is 18.4 Å². The van der Waals surface area contributed by atoms with Gasteiger partial charge in [-0.25, -0.2) is 8.78 Å². The summed E-state index contributed by atoms with van der Waals surface area (Å²) in [5, 5.41) is 0. The highest BCUT2D eigenvalue weighted by Crippen LogP contribution is 2.51. The molecule has 2 fully saturated rings. The Hall–Kier alpha value is -1.00. The standard InChI is InChI=1S/C11H15F2NO2/c1-5(15)10-9-7(3-8(9)11(12)13)4-14(10)6(2)16/h7-11H,3-4H2,1-2H3/t7-,8?,9+,10+/m0/s1. The van der Waals surface area contributed by atoms with Crippen LogP contribution < -0.4 is 0 Å². The largest absolute Gasteiger partial charge is 0.332 e. The Morgan fingerprint density at radius 3 is 2.38 bits per heavy atom. The fourth-order valence-electron chi connectivity index (χ4n) is 3.17. The van der Waals surface area contributed by atoms with Crippen molar-refractivity contribution in [3.05, 3.63) is 0 Å². The van der Waals surface area contributed by atoms with Crippen LogP contribution in [0.2, 0.25) is 0 Å². The second-order valence-corrected chi connectivity index (χ2v) is 4.80. The Morgan fingerprint density at radius 1 is 1.31 bits per heavy atom. The van der Waals surface area contributed by atoms with Crippen molar-refractivity contribution in [3.8, 4) is 0 Å². The van der Waals surface area contributed by atoms with Crippen LogP contribution in [-0.2, 0) is 9.59 Å². The van der Waals surface area contributed by atoms with Gasteiger partial charge in [-0.2, -0.15) is 0 Å². The second-order valence-electron chi connectivity index (χ2n) is 4.80. The summed E-state index contributed by atoms with van der Waals surface area (Å²) in [4.78, 5) is 24.3. The highest BCUT2D eigenvalue weighted by Gasteiger charge is 2.57. The van der Waals surface area contributed by atoms with Crippen LogP contribution in [0.4, 0.5) is 8.78 Å². The van der Waals surface area contributed by atoms with Gasteiger partial charge in [-0.15, -0.1) is 0 Å². The molecule has 0 N–H and O–H groups in total. The first kappa shape index (κ1) is 11.5. The first-order valence-electron chi connectivity index (χ1n) is 5.49. The van der Waals surface area contributed by atoms with E-state index in [0.29, 0.717) is 13.0 Å². The Morgan fingerprint density at radius 2 is 1.94 bits per heavy atom. The summed E-state index contributed by atoms with van der Waals surface area (Å²) in [5.41, 5.74) is 0. The molecular weight excluding hydrogens is 216 g/mol. The van der Waals surface area contributed by atoms with Gasteiger partial charge >= 0.3 is 0 Å². The van der Waals surface area contributed by atoms with Crippen molar-refractivity contribution in [2.45, 2.75) is 32.7 Å². The highest BCUT2D eigenvalue weighted by atomic mass is 19.3. The molecule has 4 atom stereocenters. The van der Waals surface area contributed by atoms with E-state index in [1.54, 1.807) is 0 Å². The van der Waals surface area contributed by atoms with Crippen LogP contribution >= 0.6 is 0 Å². The number of Topliss-reactive ketones (excluding diaryl/α,β-unsaturated/α-hetero) is 1. The smallest absolute Gasteiger partial charge is 0.241 e. The van der Waals surface area contributed by atoms with Gasteiger partial charge in [0.05, 0.1) is 6.04 Å². The number of alkyl halides is 2. The normalized spacial score (nSPS) is 37.2. The minimum atomic E-state index is -2.38. The van der Waals surface area contributed by atoms with Crippen molar-refractivity contribution in [2.75, 3.05) is 6.54 Å². The number of nitrogens with zero attached hydrogens (tertiary/aromatic N) is 1. The minimum absolute atomic E-state index is 0.0943. The van der Waals surface area contributed by atoms with E-state index in [0.717, 1.165) is 0 Å². The third-order valence-electron chi connectivity index (χ3n) is 3.89. The molecule has 0 spiro atoms. The molecule has 90 valence electrons. The maximum Gasteiger partial charge on any atom is 0.241 e. The predicted octanol–water partition coefficient (Wildman–Crippen LogP) is 1.32. The first-order valence-corrected chi connectivity index (χ1v) is 5.49. The molecule has 2 aliphatic rings. The van der Waals surface area contributed by atoms with Crippen LogP contribution in [0.3, 0.4) is 0 Å². The second kappa shape index (κ2) is 3.79. The van der Waals surface area contributed by atoms with Crippen molar-refractivity contribution in [2.24, 2.45) is 17.8 Å². The van der Waals surface area contributed by atoms with Crippen molar-refractivity contribution in [1.29, 1.82) is 0 Å². The van der Waals surface area contributed by atoms with Gasteiger partial charge in [0.15, 0.2) is 5.78 Å². The molecule has 1 saturated carbocycles. The molecule has 1 unspecified atom stereocenters. The summed E-state index contributed by atoms with van der Waals surface area (Å²) in [5.74, 6) is -1.29. The lowest BCUT2D eigenvalue weighted by atomic mass is 9.63. The molecule has 0 aromatic carbocycles. The van der Waals surface area contributed by atoms with E-state index in [4.69, 9.17) is 0 Å². The summed E-state index contributed by atoms with van der Waals surface area (Å²) in [6.07, 6.45) is -1.94. The SMILES string of the molecule is CC(=O)[C@@H]1[C@H]2C(C(F)F)C[C@H]2CN1C(C)=O. The van der Waals surface area contributed by atoms with Crippen LogP contribution in [0.5, 0.6) is 0 Å². The first-order chi connectivity index (χ1) is 7.43.